The second-order valence-electron chi connectivity index (χ2n) is 5.09. The predicted molar refractivity (Wildman–Crippen MR) is 62.4 cm³/mol. The van der Waals surface area contributed by atoms with Crippen molar-refractivity contribution in [1.82, 2.24) is 10.2 Å². The summed E-state index contributed by atoms with van der Waals surface area (Å²) in [4.78, 5) is 13.0. The number of rotatable bonds is 3. The summed E-state index contributed by atoms with van der Waals surface area (Å²) in [6, 6.07) is 0.375. The van der Waals surface area contributed by atoms with Gasteiger partial charge in [0.05, 0.1) is 0 Å². The van der Waals surface area contributed by atoms with Gasteiger partial charge in [0.1, 0.15) is 6.04 Å². The Bertz CT molecular complexity index is 243. The first-order chi connectivity index (χ1) is 7.68. The van der Waals surface area contributed by atoms with Crippen molar-refractivity contribution in [2.75, 3.05) is 19.6 Å². The second kappa shape index (κ2) is 5.15. The van der Waals surface area contributed by atoms with Crippen LogP contribution in [0.3, 0.4) is 0 Å². The fraction of sp³-hybridized carbons (Fsp3) is 0.917. The molecule has 2 N–H and O–H groups in total. The van der Waals surface area contributed by atoms with E-state index in [1.54, 1.807) is 6.92 Å². The first-order valence-corrected chi connectivity index (χ1v) is 6.38. The van der Waals surface area contributed by atoms with Gasteiger partial charge in [0.15, 0.2) is 0 Å². The van der Waals surface area contributed by atoms with Gasteiger partial charge in [0.2, 0.25) is 0 Å². The SMILES string of the molecule is CC(C(=O)O)N1CCC(C2CCCN2)CC1. The summed E-state index contributed by atoms with van der Waals surface area (Å²) in [6.45, 7) is 4.83. The van der Waals surface area contributed by atoms with Gasteiger partial charge in [-0.05, 0) is 58.2 Å². The number of carboxylic acids is 1. The van der Waals surface area contributed by atoms with Crippen molar-refractivity contribution in [3.05, 3.63) is 0 Å². The van der Waals surface area contributed by atoms with E-state index in [0.717, 1.165) is 38.4 Å². The number of carbonyl (C=O) groups is 1. The molecule has 92 valence electrons. The van der Waals surface area contributed by atoms with Crippen LogP contribution in [0.15, 0.2) is 0 Å². The highest BCUT2D eigenvalue weighted by atomic mass is 16.4. The maximum absolute atomic E-state index is 10.9. The summed E-state index contributed by atoms with van der Waals surface area (Å²) in [5.74, 6) is 0.0668. The number of piperidine rings is 1. The molecule has 0 aliphatic carbocycles. The van der Waals surface area contributed by atoms with Crippen LogP contribution in [0.25, 0.3) is 0 Å². The summed E-state index contributed by atoms with van der Waals surface area (Å²) in [5.41, 5.74) is 0. The number of hydrogen-bond donors (Lipinski definition) is 2. The van der Waals surface area contributed by atoms with Crippen LogP contribution in [0.2, 0.25) is 0 Å². The maximum atomic E-state index is 10.9. The van der Waals surface area contributed by atoms with E-state index < -0.39 is 5.97 Å². The van der Waals surface area contributed by atoms with Gasteiger partial charge in [-0.3, -0.25) is 9.69 Å². The molecular weight excluding hydrogens is 204 g/mol. The molecule has 0 amide bonds. The number of hydrogen-bond acceptors (Lipinski definition) is 3. The summed E-state index contributed by atoms with van der Waals surface area (Å²) >= 11 is 0. The van der Waals surface area contributed by atoms with E-state index in [4.69, 9.17) is 5.11 Å². The Labute approximate surface area is 97.0 Å². The average molecular weight is 226 g/mol. The Morgan fingerprint density at radius 2 is 2.06 bits per heavy atom. The van der Waals surface area contributed by atoms with Crippen LogP contribution >= 0.6 is 0 Å². The van der Waals surface area contributed by atoms with Crippen LogP contribution in [-0.2, 0) is 4.79 Å². The van der Waals surface area contributed by atoms with E-state index in [9.17, 15) is 4.79 Å². The second-order valence-corrected chi connectivity index (χ2v) is 5.09. The molecule has 0 aromatic rings. The van der Waals surface area contributed by atoms with Crippen LogP contribution in [0.1, 0.15) is 32.6 Å². The van der Waals surface area contributed by atoms with Crippen molar-refractivity contribution in [3.8, 4) is 0 Å². The van der Waals surface area contributed by atoms with Gasteiger partial charge >= 0.3 is 5.97 Å². The molecule has 2 heterocycles. The standard InChI is InChI=1S/C12H22N2O2/c1-9(12(15)16)14-7-4-10(5-8-14)11-3-2-6-13-11/h9-11,13H,2-8H2,1H3,(H,15,16). The van der Waals surface area contributed by atoms with Gasteiger partial charge in [-0.1, -0.05) is 0 Å². The first-order valence-electron chi connectivity index (χ1n) is 6.38. The maximum Gasteiger partial charge on any atom is 0.320 e. The molecule has 0 radical (unpaired) electrons. The third-order valence-electron chi connectivity index (χ3n) is 4.15. The molecule has 2 aliphatic heterocycles. The Kier molecular flexibility index (Phi) is 3.82. The van der Waals surface area contributed by atoms with E-state index in [0.29, 0.717) is 6.04 Å². The van der Waals surface area contributed by atoms with Crippen molar-refractivity contribution in [2.24, 2.45) is 5.92 Å². The molecule has 16 heavy (non-hydrogen) atoms. The smallest absolute Gasteiger partial charge is 0.320 e. The summed E-state index contributed by atoms with van der Waals surface area (Å²) < 4.78 is 0. The molecule has 2 aliphatic rings. The van der Waals surface area contributed by atoms with Gasteiger partial charge in [0, 0.05) is 6.04 Å². The van der Waals surface area contributed by atoms with E-state index in [1.165, 1.54) is 12.8 Å². The molecule has 0 aromatic carbocycles. The zero-order chi connectivity index (χ0) is 11.5. The number of nitrogens with zero attached hydrogens (tertiary/aromatic N) is 1. The van der Waals surface area contributed by atoms with Gasteiger partial charge in [-0.2, -0.15) is 0 Å². The van der Waals surface area contributed by atoms with Crippen molar-refractivity contribution in [3.63, 3.8) is 0 Å². The lowest BCUT2D eigenvalue weighted by atomic mass is 9.88. The number of nitrogens with one attached hydrogen (secondary N) is 1. The molecule has 2 unspecified atom stereocenters. The fourth-order valence-corrected chi connectivity index (χ4v) is 2.98. The average Bonchev–Trinajstić information content (AvgIpc) is 2.81. The Morgan fingerprint density at radius 1 is 1.38 bits per heavy atom. The van der Waals surface area contributed by atoms with E-state index in [2.05, 4.69) is 10.2 Å². The highest BCUT2D eigenvalue weighted by molar-refractivity contribution is 5.72. The molecule has 0 aromatic heterocycles. The van der Waals surface area contributed by atoms with Crippen LogP contribution in [-0.4, -0.2) is 47.7 Å². The number of carboxylic acid groups (broad SMARTS) is 1. The van der Waals surface area contributed by atoms with E-state index >= 15 is 0 Å². The van der Waals surface area contributed by atoms with Gasteiger partial charge < -0.3 is 10.4 Å². The van der Waals surface area contributed by atoms with Crippen molar-refractivity contribution < 1.29 is 9.90 Å². The van der Waals surface area contributed by atoms with E-state index in [1.807, 2.05) is 0 Å². The number of likely N-dealkylation sites (tertiary alicyclic amines) is 1. The lowest BCUT2D eigenvalue weighted by molar-refractivity contribution is -0.143. The monoisotopic (exact) mass is 226 g/mol. The Balaban J connectivity index is 1.79. The minimum Gasteiger partial charge on any atom is -0.480 e. The molecule has 0 saturated carbocycles. The normalized spacial score (nSPS) is 30.4. The van der Waals surface area contributed by atoms with Gasteiger partial charge in [-0.15, -0.1) is 0 Å². The third kappa shape index (κ3) is 2.55. The molecule has 2 rings (SSSR count). The first kappa shape index (κ1) is 11.9. The summed E-state index contributed by atoms with van der Waals surface area (Å²) in [5, 5.41) is 12.5. The van der Waals surface area contributed by atoms with Crippen LogP contribution in [0.5, 0.6) is 0 Å². The third-order valence-corrected chi connectivity index (χ3v) is 4.15. The molecule has 0 bridgehead atoms. The van der Waals surface area contributed by atoms with Gasteiger partial charge in [0.25, 0.3) is 0 Å². The zero-order valence-corrected chi connectivity index (χ0v) is 9.98. The molecule has 2 fully saturated rings. The highest BCUT2D eigenvalue weighted by Crippen LogP contribution is 2.26. The molecule has 0 spiro atoms. The predicted octanol–water partition coefficient (Wildman–Crippen LogP) is 0.923. The van der Waals surface area contributed by atoms with Crippen molar-refractivity contribution >= 4 is 5.97 Å². The fourth-order valence-electron chi connectivity index (χ4n) is 2.98. The highest BCUT2D eigenvalue weighted by Gasteiger charge is 2.31. The zero-order valence-electron chi connectivity index (χ0n) is 9.98. The topological polar surface area (TPSA) is 52.6 Å². The molecule has 4 nitrogen and oxygen atoms in total. The Morgan fingerprint density at radius 3 is 2.56 bits per heavy atom. The minimum absolute atomic E-state index is 0.322. The molecule has 2 atom stereocenters. The van der Waals surface area contributed by atoms with Crippen LogP contribution in [0, 0.1) is 5.92 Å². The largest absolute Gasteiger partial charge is 0.480 e. The van der Waals surface area contributed by atoms with Crippen LogP contribution in [0.4, 0.5) is 0 Å². The molecule has 4 heteroatoms. The lowest BCUT2D eigenvalue weighted by Crippen LogP contribution is -2.46. The van der Waals surface area contributed by atoms with E-state index in [-0.39, 0.29) is 6.04 Å². The van der Waals surface area contributed by atoms with Crippen molar-refractivity contribution in [2.45, 2.75) is 44.7 Å². The molecular formula is C12H22N2O2. The van der Waals surface area contributed by atoms with Crippen LogP contribution < -0.4 is 5.32 Å². The quantitative estimate of drug-likeness (QED) is 0.751. The summed E-state index contributed by atoms with van der Waals surface area (Å²) in [6.07, 6.45) is 4.90. The summed E-state index contributed by atoms with van der Waals surface area (Å²) in [7, 11) is 0. The van der Waals surface area contributed by atoms with Gasteiger partial charge in [-0.25, -0.2) is 0 Å². The molecule has 2 saturated heterocycles. The lowest BCUT2D eigenvalue weighted by Gasteiger charge is -2.36. The van der Waals surface area contributed by atoms with Crippen molar-refractivity contribution in [1.29, 1.82) is 0 Å². The number of aliphatic carboxylic acids is 1. The Hall–Kier alpha value is -0.610. The minimum atomic E-state index is -0.697.